The SMILES string of the molecule is CN(CCCc1cccc(N)c1)C1CC1. The van der Waals surface area contributed by atoms with E-state index in [1.165, 1.54) is 31.4 Å². The van der Waals surface area contributed by atoms with Crippen LogP contribution in [-0.2, 0) is 6.42 Å². The number of nitrogens with zero attached hydrogens (tertiary/aromatic N) is 1. The molecule has 82 valence electrons. The molecule has 0 aromatic heterocycles. The van der Waals surface area contributed by atoms with Crippen LogP contribution in [0.4, 0.5) is 5.69 Å². The van der Waals surface area contributed by atoms with Crippen LogP contribution < -0.4 is 5.73 Å². The molecule has 0 unspecified atom stereocenters. The van der Waals surface area contributed by atoms with Crippen molar-refractivity contribution in [2.75, 3.05) is 19.3 Å². The second-order valence-electron chi connectivity index (χ2n) is 4.56. The molecule has 2 nitrogen and oxygen atoms in total. The van der Waals surface area contributed by atoms with E-state index in [1.54, 1.807) is 0 Å². The van der Waals surface area contributed by atoms with Crippen LogP contribution in [0.1, 0.15) is 24.8 Å². The Morgan fingerprint density at radius 3 is 2.87 bits per heavy atom. The third-order valence-corrected chi connectivity index (χ3v) is 3.10. The molecule has 1 saturated carbocycles. The van der Waals surface area contributed by atoms with Crippen molar-refractivity contribution in [1.29, 1.82) is 0 Å². The van der Waals surface area contributed by atoms with Crippen molar-refractivity contribution in [2.45, 2.75) is 31.7 Å². The quantitative estimate of drug-likeness (QED) is 0.746. The van der Waals surface area contributed by atoms with E-state index in [0.29, 0.717) is 0 Å². The van der Waals surface area contributed by atoms with Gasteiger partial charge in [0.05, 0.1) is 0 Å². The highest BCUT2D eigenvalue weighted by molar-refractivity contribution is 5.40. The average molecular weight is 204 g/mol. The molecule has 0 heterocycles. The Kier molecular flexibility index (Phi) is 3.27. The predicted octanol–water partition coefficient (Wildman–Crippen LogP) is 2.30. The van der Waals surface area contributed by atoms with E-state index in [0.717, 1.165) is 18.2 Å². The molecule has 1 aromatic rings. The molecule has 1 aromatic carbocycles. The molecule has 0 spiro atoms. The maximum Gasteiger partial charge on any atom is 0.0316 e. The first-order valence-corrected chi connectivity index (χ1v) is 5.80. The van der Waals surface area contributed by atoms with Crippen molar-refractivity contribution >= 4 is 5.69 Å². The van der Waals surface area contributed by atoms with Gasteiger partial charge >= 0.3 is 0 Å². The molecule has 15 heavy (non-hydrogen) atoms. The van der Waals surface area contributed by atoms with Crippen molar-refractivity contribution in [1.82, 2.24) is 4.90 Å². The number of hydrogen-bond donors (Lipinski definition) is 1. The van der Waals surface area contributed by atoms with Crippen LogP contribution in [-0.4, -0.2) is 24.5 Å². The molecule has 1 aliphatic rings. The fourth-order valence-electron chi connectivity index (χ4n) is 1.98. The van der Waals surface area contributed by atoms with Gasteiger partial charge in [0.1, 0.15) is 0 Å². The molecule has 0 atom stereocenters. The molecular formula is C13H20N2. The Balaban J connectivity index is 1.73. The van der Waals surface area contributed by atoms with Crippen LogP contribution in [0.5, 0.6) is 0 Å². The number of nitrogen functional groups attached to an aromatic ring is 1. The van der Waals surface area contributed by atoms with Crippen LogP contribution in [0.15, 0.2) is 24.3 Å². The maximum absolute atomic E-state index is 5.74. The zero-order valence-corrected chi connectivity index (χ0v) is 9.45. The highest BCUT2D eigenvalue weighted by Gasteiger charge is 2.25. The van der Waals surface area contributed by atoms with Crippen molar-refractivity contribution in [3.8, 4) is 0 Å². The van der Waals surface area contributed by atoms with Crippen molar-refractivity contribution in [2.24, 2.45) is 0 Å². The van der Waals surface area contributed by atoms with E-state index >= 15 is 0 Å². The Bertz CT molecular complexity index is 318. The van der Waals surface area contributed by atoms with Crippen LogP contribution in [0.2, 0.25) is 0 Å². The summed E-state index contributed by atoms with van der Waals surface area (Å²) in [6.07, 6.45) is 5.17. The number of benzene rings is 1. The Labute approximate surface area is 92.1 Å². The lowest BCUT2D eigenvalue weighted by Gasteiger charge is -2.15. The van der Waals surface area contributed by atoms with Gasteiger partial charge in [-0.3, -0.25) is 0 Å². The standard InChI is InChI=1S/C13H20N2/c1-15(13-7-8-13)9-3-5-11-4-2-6-12(14)10-11/h2,4,6,10,13H,3,5,7-9,14H2,1H3. The molecule has 1 aliphatic carbocycles. The maximum atomic E-state index is 5.74. The minimum atomic E-state index is 0.878. The number of hydrogen-bond acceptors (Lipinski definition) is 2. The number of rotatable bonds is 5. The summed E-state index contributed by atoms with van der Waals surface area (Å²) in [5.41, 5.74) is 7.98. The van der Waals surface area contributed by atoms with Crippen molar-refractivity contribution < 1.29 is 0 Å². The van der Waals surface area contributed by atoms with E-state index in [9.17, 15) is 0 Å². The van der Waals surface area contributed by atoms with Crippen molar-refractivity contribution in [3.05, 3.63) is 29.8 Å². The van der Waals surface area contributed by atoms with Gasteiger partial charge in [-0.05, 0) is 57.0 Å². The Hall–Kier alpha value is -1.02. The zero-order valence-electron chi connectivity index (χ0n) is 9.45. The summed E-state index contributed by atoms with van der Waals surface area (Å²) in [7, 11) is 2.23. The first-order valence-electron chi connectivity index (χ1n) is 5.80. The van der Waals surface area contributed by atoms with Gasteiger partial charge in [0.2, 0.25) is 0 Å². The van der Waals surface area contributed by atoms with Gasteiger partial charge in [-0.25, -0.2) is 0 Å². The van der Waals surface area contributed by atoms with Gasteiger partial charge in [0.15, 0.2) is 0 Å². The van der Waals surface area contributed by atoms with Gasteiger partial charge in [0, 0.05) is 11.7 Å². The van der Waals surface area contributed by atoms with Crippen molar-refractivity contribution in [3.63, 3.8) is 0 Å². The molecule has 1 fully saturated rings. The molecule has 0 aliphatic heterocycles. The third-order valence-electron chi connectivity index (χ3n) is 3.10. The molecule has 0 amide bonds. The monoisotopic (exact) mass is 204 g/mol. The molecule has 0 bridgehead atoms. The summed E-state index contributed by atoms with van der Waals surface area (Å²) >= 11 is 0. The predicted molar refractivity (Wildman–Crippen MR) is 64.8 cm³/mol. The summed E-state index contributed by atoms with van der Waals surface area (Å²) in [6, 6.07) is 9.10. The topological polar surface area (TPSA) is 29.3 Å². The second kappa shape index (κ2) is 4.67. The fraction of sp³-hybridized carbons (Fsp3) is 0.538. The molecule has 2 heteroatoms. The minimum Gasteiger partial charge on any atom is -0.399 e. The average Bonchev–Trinajstić information content (AvgIpc) is 3.00. The lowest BCUT2D eigenvalue weighted by Crippen LogP contribution is -2.22. The normalized spacial score (nSPS) is 15.9. The van der Waals surface area contributed by atoms with E-state index in [4.69, 9.17) is 5.73 Å². The lowest BCUT2D eigenvalue weighted by molar-refractivity contribution is 0.320. The molecular weight excluding hydrogens is 184 g/mol. The smallest absolute Gasteiger partial charge is 0.0316 e. The third kappa shape index (κ3) is 3.24. The van der Waals surface area contributed by atoms with Crippen LogP contribution >= 0.6 is 0 Å². The largest absolute Gasteiger partial charge is 0.399 e. The number of nitrogens with two attached hydrogens (primary N) is 1. The molecule has 2 rings (SSSR count). The second-order valence-corrected chi connectivity index (χ2v) is 4.56. The summed E-state index contributed by atoms with van der Waals surface area (Å²) in [6.45, 7) is 1.21. The molecule has 2 N–H and O–H groups in total. The van der Waals surface area contributed by atoms with Crippen LogP contribution in [0, 0.1) is 0 Å². The van der Waals surface area contributed by atoms with E-state index in [-0.39, 0.29) is 0 Å². The van der Waals surface area contributed by atoms with Crippen LogP contribution in [0.3, 0.4) is 0 Å². The summed E-state index contributed by atoms with van der Waals surface area (Å²) < 4.78 is 0. The van der Waals surface area contributed by atoms with E-state index in [1.807, 2.05) is 12.1 Å². The lowest BCUT2D eigenvalue weighted by atomic mass is 10.1. The summed E-state index contributed by atoms with van der Waals surface area (Å²) in [4.78, 5) is 2.48. The van der Waals surface area contributed by atoms with E-state index < -0.39 is 0 Å². The number of anilines is 1. The van der Waals surface area contributed by atoms with Gasteiger partial charge < -0.3 is 10.6 Å². The Morgan fingerprint density at radius 2 is 2.20 bits per heavy atom. The Morgan fingerprint density at radius 1 is 1.40 bits per heavy atom. The molecule has 0 radical (unpaired) electrons. The minimum absolute atomic E-state index is 0.878. The fourth-order valence-corrected chi connectivity index (χ4v) is 1.98. The molecule has 0 saturated heterocycles. The van der Waals surface area contributed by atoms with Gasteiger partial charge in [-0.2, -0.15) is 0 Å². The highest BCUT2D eigenvalue weighted by atomic mass is 15.1. The first kappa shape index (κ1) is 10.5. The van der Waals surface area contributed by atoms with E-state index in [2.05, 4.69) is 24.1 Å². The summed E-state index contributed by atoms with van der Waals surface area (Å²) in [5, 5.41) is 0. The highest BCUT2D eigenvalue weighted by Crippen LogP contribution is 2.25. The zero-order chi connectivity index (χ0) is 10.7. The van der Waals surface area contributed by atoms with Gasteiger partial charge in [-0.1, -0.05) is 12.1 Å². The van der Waals surface area contributed by atoms with Gasteiger partial charge in [-0.15, -0.1) is 0 Å². The van der Waals surface area contributed by atoms with Crippen LogP contribution in [0.25, 0.3) is 0 Å². The number of aryl methyl sites for hydroxylation is 1. The first-order chi connectivity index (χ1) is 7.25. The van der Waals surface area contributed by atoms with Gasteiger partial charge in [0.25, 0.3) is 0 Å². The summed E-state index contributed by atoms with van der Waals surface area (Å²) in [5.74, 6) is 0.